The van der Waals surface area contributed by atoms with Crippen LogP contribution < -0.4 is 5.32 Å². The molecule has 0 radical (unpaired) electrons. The molecule has 0 bridgehead atoms. The summed E-state index contributed by atoms with van der Waals surface area (Å²) in [5, 5.41) is 13.9. The highest BCUT2D eigenvalue weighted by Crippen LogP contribution is 2.22. The van der Waals surface area contributed by atoms with E-state index in [1.807, 2.05) is 11.9 Å². The van der Waals surface area contributed by atoms with Crippen LogP contribution >= 0.6 is 24.2 Å². The van der Waals surface area contributed by atoms with Crippen molar-refractivity contribution in [1.29, 1.82) is 0 Å². The second-order valence-corrected chi connectivity index (χ2v) is 6.07. The summed E-state index contributed by atoms with van der Waals surface area (Å²) >= 11 is 1.41. The van der Waals surface area contributed by atoms with Gasteiger partial charge in [-0.25, -0.2) is 0 Å². The van der Waals surface area contributed by atoms with Crippen molar-refractivity contribution in [2.24, 2.45) is 0 Å². The molecule has 1 aromatic rings. The fourth-order valence-electron chi connectivity index (χ4n) is 2.31. The van der Waals surface area contributed by atoms with Gasteiger partial charge in [0.1, 0.15) is 0 Å². The maximum atomic E-state index is 12.2. The predicted molar refractivity (Wildman–Crippen MR) is 89.7 cm³/mol. The predicted octanol–water partition coefficient (Wildman–Crippen LogP) is 2.32. The normalized spacial score (nSPS) is 15.0. The van der Waals surface area contributed by atoms with E-state index in [0.717, 1.165) is 30.8 Å². The monoisotopic (exact) mass is 345 g/mol. The number of nitro benzene ring substituents is 1. The number of rotatable bonds is 5. The molecule has 6 nitrogen and oxygen atoms in total. The lowest BCUT2D eigenvalue weighted by molar-refractivity contribution is -0.384. The molecule has 1 saturated heterocycles. The lowest BCUT2D eigenvalue weighted by Crippen LogP contribution is -2.44. The summed E-state index contributed by atoms with van der Waals surface area (Å²) in [6.45, 7) is 1.91. The summed E-state index contributed by atoms with van der Waals surface area (Å²) in [6, 6.07) is 6.60. The van der Waals surface area contributed by atoms with Crippen LogP contribution in [0, 0.1) is 10.1 Å². The van der Waals surface area contributed by atoms with Crippen LogP contribution in [0.1, 0.15) is 12.8 Å². The number of carbonyl (C=O) groups is 1. The Kier molecular flexibility index (Phi) is 7.64. The first-order chi connectivity index (χ1) is 10.1. The van der Waals surface area contributed by atoms with Gasteiger partial charge in [0.2, 0.25) is 5.91 Å². The molecule has 22 heavy (non-hydrogen) atoms. The third-order valence-electron chi connectivity index (χ3n) is 3.66. The van der Waals surface area contributed by atoms with Gasteiger partial charge in [0.05, 0.1) is 10.7 Å². The van der Waals surface area contributed by atoms with Gasteiger partial charge in [-0.15, -0.1) is 24.2 Å². The maximum absolute atomic E-state index is 12.2. The number of halogens is 1. The van der Waals surface area contributed by atoms with Gasteiger partial charge in [0.25, 0.3) is 5.69 Å². The van der Waals surface area contributed by atoms with Crippen LogP contribution in [0.2, 0.25) is 0 Å². The van der Waals surface area contributed by atoms with Crippen molar-refractivity contribution in [2.45, 2.75) is 23.8 Å². The Labute approximate surface area is 140 Å². The minimum Gasteiger partial charge on any atom is -0.342 e. The molecule has 0 aromatic heterocycles. The van der Waals surface area contributed by atoms with Gasteiger partial charge in [-0.3, -0.25) is 14.9 Å². The number of carbonyl (C=O) groups excluding carboxylic acids is 1. The Bertz CT molecular complexity index is 507. The number of benzene rings is 1. The van der Waals surface area contributed by atoms with E-state index < -0.39 is 4.92 Å². The van der Waals surface area contributed by atoms with Crippen molar-refractivity contribution in [3.05, 3.63) is 34.4 Å². The molecule has 0 aliphatic carbocycles. The minimum atomic E-state index is -0.426. The zero-order valence-electron chi connectivity index (χ0n) is 12.4. The zero-order chi connectivity index (χ0) is 15.2. The number of hydrogen-bond donors (Lipinski definition) is 1. The van der Waals surface area contributed by atoms with Crippen LogP contribution in [0.3, 0.4) is 0 Å². The van der Waals surface area contributed by atoms with Gasteiger partial charge < -0.3 is 10.2 Å². The fraction of sp³-hybridized carbons (Fsp3) is 0.500. The van der Waals surface area contributed by atoms with Gasteiger partial charge in [-0.05, 0) is 38.1 Å². The van der Waals surface area contributed by atoms with E-state index in [4.69, 9.17) is 0 Å². The van der Waals surface area contributed by atoms with Gasteiger partial charge in [0, 0.05) is 30.1 Å². The number of nitro groups is 1. The fourth-order valence-corrected chi connectivity index (χ4v) is 3.13. The Balaban J connectivity index is 0.00000242. The van der Waals surface area contributed by atoms with E-state index in [9.17, 15) is 14.9 Å². The van der Waals surface area contributed by atoms with E-state index >= 15 is 0 Å². The second-order valence-electron chi connectivity index (χ2n) is 5.03. The van der Waals surface area contributed by atoms with Gasteiger partial charge >= 0.3 is 0 Å². The number of hydrogen-bond acceptors (Lipinski definition) is 5. The molecule has 0 saturated carbocycles. The molecule has 1 aliphatic rings. The molecule has 1 aliphatic heterocycles. The topological polar surface area (TPSA) is 75.5 Å². The largest absolute Gasteiger partial charge is 0.342 e. The third-order valence-corrected chi connectivity index (χ3v) is 4.66. The van der Waals surface area contributed by atoms with Crippen LogP contribution in [0.5, 0.6) is 0 Å². The molecule has 1 amide bonds. The van der Waals surface area contributed by atoms with Crippen LogP contribution in [-0.4, -0.2) is 47.7 Å². The van der Waals surface area contributed by atoms with Crippen LogP contribution in [0.25, 0.3) is 0 Å². The van der Waals surface area contributed by atoms with Crippen LogP contribution in [0.15, 0.2) is 29.2 Å². The summed E-state index contributed by atoms with van der Waals surface area (Å²) in [5.41, 5.74) is 0.0671. The molecule has 0 spiro atoms. The Morgan fingerprint density at radius 2 is 1.95 bits per heavy atom. The number of piperidine rings is 1. The van der Waals surface area contributed by atoms with Gasteiger partial charge in [-0.2, -0.15) is 0 Å². The number of non-ortho nitro benzene ring substituents is 1. The highest BCUT2D eigenvalue weighted by Gasteiger charge is 2.21. The maximum Gasteiger partial charge on any atom is 0.269 e. The summed E-state index contributed by atoms with van der Waals surface area (Å²) in [6.07, 6.45) is 1.98. The standard InChI is InChI=1S/C14H19N3O3S.ClH/c1-16(11-6-8-15-9-7-11)14(18)10-21-13-4-2-12(3-5-13)17(19)20;/h2-5,11,15H,6-10H2,1H3;1H. The lowest BCUT2D eigenvalue weighted by atomic mass is 10.1. The van der Waals surface area contributed by atoms with E-state index in [0.29, 0.717) is 11.8 Å². The zero-order valence-corrected chi connectivity index (χ0v) is 14.0. The van der Waals surface area contributed by atoms with Crippen molar-refractivity contribution in [3.63, 3.8) is 0 Å². The number of nitrogens with zero attached hydrogens (tertiary/aromatic N) is 2. The molecule has 1 aromatic carbocycles. The summed E-state index contributed by atoms with van der Waals surface area (Å²) in [4.78, 5) is 25.0. The molecule has 0 atom stereocenters. The highest BCUT2D eigenvalue weighted by atomic mass is 35.5. The average Bonchev–Trinajstić information content (AvgIpc) is 2.53. The Morgan fingerprint density at radius 1 is 1.36 bits per heavy atom. The quantitative estimate of drug-likeness (QED) is 0.503. The Morgan fingerprint density at radius 3 is 2.50 bits per heavy atom. The van der Waals surface area contributed by atoms with E-state index in [-0.39, 0.29) is 24.0 Å². The molecule has 1 N–H and O–H groups in total. The van der Waals surface area contributed by atoms with Crippen molar-refractivity contribution >= 4 is 35.8 Å². The van der Waals surface area contributed by atoms with E-state index in [1.165, 1.54) is 23.9 Å². The minimum absolute atomic E-state index is 0. The molecular weight excluding hydrogens is 326 g/mol. The first-order valence-corrected chi connectivity index (χ1v) is 7.90. The summed E-state index contributed by atoms with van der Waals surface area (Å²) < 4.78 is 0. The van der Waals surface area contributed by atoms with Gasteiger partial charge in [-0.1, -0.05) is 0 Å². The van der Waals surface area contributed by atoms with Crippen molar-refractivity contribution in [1.82, 2.24) is 10.2 Å². The average molecular weight is 346 g/mol. The third kappa shape index (κ3) is 5.15. The van der Waals surface area contributed by atoms with Crippen LogP contribution in [0.4, 0.5) is 5.69 Å². The summed E-state index contributed by atoms with van der Waals surface area (Å²) in [7, 11) is 1.86. The van der Waals surface area contributed by atoms with Crippen molar-refractivity contribution in [2.75, 3.05) is 25.9 Å². The number of thioether (sulfide) groups is 1. The Hall–Kier alpha value is -1.31. The number of amides is 1. The summed E-state index contributed by atoms with van der Waals surface area (Å²) in [5.74, 6) is 0.461. The molecule has 1 fully saturated rings. The van der Waals surface area contributed by atoms with E-state index in [1.54, 1.807) is 12.1 Å². The van der Waals surface area contributed by atoms with Gasteiger partial charge in [0.15, 0.2) is 0 Å². The van der Waals surface area contributed by atoms with Crippen molar-refractivity contribution in [3.8, 4) is 0 Å². The SMILES string of the molecule is CN(C(=O)CSc1ccc([N+](=O)[O-])cc1)C1CCNCC1.Cl. The second kappa shape index (κ2) is 8.97. The molecule has 122 valence electrons. The first kappa shape index (κ1) is 18.7. The van der Waals surface area contributed by atoms with Crippen molar-refractivity contribution < 1.29 is 9.72 Å². The molecule has 1 heterocycles. The smallest absolute Gasteiger partial charge is 0.269 e. The molecule has 0 unspecified atom stereocenters. The molecular formula is C14H20ClN3O3S. The first-order valence-electron chi connectivity index (χ1n) is 6.91. The lowest BCUT2D eigenvalue weighted by Gasteiger charge is -2.31. The number of nitrogens with one attached hydrogen (secondary N) is 1. The highest BCUT2D eigenvalue weighted by molar-refractivity contribution is 8.00. The molecule has 2 rings (SSSR count). The molecule has 8 heteroatoms. The van der Waals surface area contributed by atoms with E-state index in [2.05, 4.69) is 5.32 Å². The van der Waals surface area contributed by atoms with Crippen LogP contribution in [-0.2, 0) is 4.79 Å².